The average molecular weight is 595 g/mol. The van der Waals surface area contributed by atoms with E-state index in [4.69, 9.17) is 14.2 Å². The number of aliphatic hydroxyl groups is 1. The number of hydrogen-bond acceptors (Lipinski definition) is 9. The molecule has 2 aliphatic carbocycles. The number of carboxylic acids is 1. The number of aromatic carboxylic acids is 1. The molecular formula is C31H38N4O8. The number of hydrogen-bond donors (Lipinski definition) is 3. The molecule has 230 valence electrons. The summed E-state index contributed by atoms with van der Waals surface area (Å²) in [6.07, 6.45) is 7.04. The van der Waals surface area contributed by atoms with Crippen LogP contribution in [0.5, 0.6) is 11.5 Å². The molecule has 12 nitrogen and oxygen atoms in total. The molecule has 3 N–H and O–H groups in total. The zero-order valence-corrected chi connectivity index (χ0v) is 25.0. The van der Waals surface area contributed by atoms with E-state index < -0.39 is 17.5 Å². The largest absolute Gasteiger partial charge is 0.506 e. The van der Waals surface area contributed by atoms with E-state index in [0.29, 0.717) is 34.2 Å². The van der Waals surface area contributed by atoms with Gasteiger partial charge in [-0.05, 0) is 77.6 Å². The van der Waals surface area contributed by atoms with Gasteiger partial charge in [-0.15, -0.1) is 0 Å². The second-order valence-electron chi connectivity index (χ2n) is 12.4. The number of aromatic nitrogens is 4. The Morgan fingerprint density at radius 3 is 2.00 bits per heavy atom. The first-order chi connectivity index (χ1) is 20.3. The van der Waals surface area contributed by atoms with Gasteiger partial charge in [-0.2, -0.15) is 10.2 Å². The van der Waals surface area contributed by atoms with Gasteiger partial charge in [0.1, 0.15) is 29.2 Å². The molecule has 43 heavy (non-hydrogen) atoms. The normalized spacial score (nSPS) is 17.0. The molecule has 7 rings (SSSR count). The number of rotatable bonds is 7. The topological polar surface area (TPSA) is 160 Å². The van der Waals surface area contributed by atoms with Gasteiger partial charge in [-0.1, -0.05) is 0 Å². The van der Waals surface area contributed by atoms with Crippen LogP contribution in [0.3, 0.4) is 0 Å². The van der Waals surface area contributed by atoms with Gasteiger partial charge in [-0.25, -0.2) is 18.6 Å². The minimum absolute atomic E-state index is 0.172. The van der Waals surface area contributed by atoms with E-state index in [1.54, 1.807) is 47.1 Å². The molecular weight excluding hydrogens is 556 g/mol. The van der Waals surface area contributed by atoms with Crippen LogP contribution >= 0.6 is 0 Å². The van der Waals surface area contributed by atoms with Crippen LogP contribution in [0.25, 0.3) is 11.0 Å². The number of carbonyl (C=O) groups is 2. The Bertz CT molecular complexity index is 1650. The lowest BCUT2D eigenvalue weighted by molar-refractivity contribution is 0.0279. The number of ether oxygens (including phenoxy) is 3. The molecule has 0 atom stereocenters. The predicted octanol–water partition coefficient (Wildman–Crippen LogP) is 4.56. The number of methoxy groups -OCH3 is 1. The highest BCUT2D eigenvalue weighted by Crippen LogP contribution is 2.45. The van der Waals surface area contributed by atoms with Crippen molar-refractivity contribution in [1.29, 1.82) is 0 Å². The number of carbonyl (C=O) groups excluding carboxylic acids is 1. The fourth-order valence-corrected chi connectivity index (χ4v) is 4.54. The summed E-state index contributed by atoms with van der Waals surface area (Å²) in [5, 5.41) is 37.2. The zero-order chi connectivity index (χ0) is 31.1. The van der Waals surface area contributed by atoms with Gasteiger partial charge in [0.2, 0.25) is 0 Å². The summed E-state index contributed by atoms with van der Waals surface area (Å²) >= 11 is 0. The van der Waals surface area contributed by atoms with E-state index in [1.165, 1.54) is 19.5 Å². The van der Waals surface area contributed by atoms with Crippen molar-refractivity contribution in [3.05, 3.63) is 59.2 Å². The van der Waals surface area contributed by atoms with Crippen LogP contribution in [-0.4, -0.2) is 78.0 Å². The maximum absolute atomic E-state index is 11.5. The van der Waals surface area contributed by atoms with E-state index in [-0.39, 0.29) is 23.5 Å². The van der Waals surface area contributed by atoms with Crippen molar-refractivity contribution >= 4 is 23.0 Å². The standard InChI is InChI=1S/C15H18N2O4.C12H12N2O3.C4H8O/c1-15(2,20)8-21-12-6-5-11-10(14(18)19)7-16-17(11)13(12)9-3-4-9;1-17-12(16)8-6-13-14-9(8)4-5-10(15)11(14)7-2-3-7;1-4(2)3-5-4/h5-7,9,20H,3-4,8H2,1-2H3,(H,18,19);4-7,15H,2-3H2,1H3;3H2,1-2H3. The SMILES string of the molecule is CC(C)(O)COc1ccc2c(C(=O)O)cnn2c1C1CC1.CC1(C)CO1.COC(=O)c1cnn2c(C3CC3)c(O)ccc12. The fraction of sp³-hybridized carbons (Fsp3) is 0.484. The quantitative estimate of drug-likeness (QED) is 0.204. The number of esters is 1. The summed E-state index contributed by atoms with van der Waals surface area (Å²) in [5.41, 5.74) is 2.87. The Hall–Kier alpha value is -4.16. The number of fused-ring (bicyclic) bond motifs is 2. The summed E-state index contributed by atoms with van der Waals surface area (Å²) in [4.78, 5) is 22.7. The third-order valence-electron chi connectivity index (χ3n) is 7.24. The molecule has 1 aliphatic heterocycles. The van der Waals surface area contributed by atoms with Crippen molar-refractivity contribution in [2.24, 2.45) is 0 Å². The summed E-state index contributed by atoms with van der Waals surface area (Å²) < 4.78 is 18.6. The molecule has 12 heteroatoms. The molecule has 0 spiro atoms. The van der Waals surface area contributed by atoms with E-state index in [0.717, 1.165) is 43.7 Å². The first-order valence-electron chi connectivity index (χ1n) is 14.3. The molecule has 5 heterocycles. The third kappa shape index (κ3) is 7.08. The van der Waals surface area contributed by atoms with Crippen molar-refractivity contribution in [3.63, 3.8) is 0 Å². The van der Waals surface area contributed by atoms with Crippen LogP contribution in [-0.2, 0) is 9.47 Å². The highest BCUT2D eigenvalue weighted by molar-refractivity contribution is 5.97. The van der Waals surface area contributed by atoms with Crippen LogP contribution in [0.2, 0.25) is 0 Å². The maximum atomic E-state index is 11.5. The number of carboxylic acid groups (broad SMARTS) is 1. The van der Waals surface area contributed by atoms with Crippen molar-refractivity contribution in [2.75, 3.05) is 20.3 Å². The highest BCUT2D eigenvalue weighted by Gasteiger charge is 2.33. The molecule has 4 aromatic rings. The minimum Gasteiger partial charge on any atom is -0.506 e. The fourth-order valence-electron chi connectivity index (χ4n) is 4.54. The van der Waals surface area contributed by atoms with Crippen LogP contribution in [0.4, 0.5) is 0 Å². The molecule has 2 saturated carbocycles. The van der Waals surface area contributed by atoms with Crippen LogP contribution in [0.1, 0.15) is 97.3 Å². The van der Waals surface area contributed by atoms with E-state index >= 15 is 0 Å². The second kappa shape index (κ2) is 11.5. The number of aromatic hydroxyl groups is 1. The second-order valence-corrected chi connectivity index (χ2v) is 12.4. The third-order valence-corrected chi connectivity index (χ3v) is 7.24. The number of nitrogens with zero attached hydrogens (tertiary/aromatic N) is 4. The summed E-state index contributed by atoms with van der Waals surface area (Å²) in [7, 11) is 1.34. The van der Waals surface area contributed by atoms with Crippen LogP contribution in [0.15, 0.2) is 36.7 Å². The number of epoxide rings is 1. The lowest BCUT2D eigenvalue weighted by atomic mass is 10.1. The van der Waals surface area contributed by atoms with Crippen molar-refractivity contribution in [3.8, 4) is 11.5 Å². The Labute approximate surface area is 248 Å². The molecule has 3 aliphatic rings. The predicted molar refractivity (Wildman–Crippen MR) is 156 cm³/mol. The molecule has 0 amide bonds. The van der Waals surface area contributed by atoms with Gasteiger partial charge in [0, 0.05) is 11.8 Å². The highest BCUT2D eigenvalue weighted by atomic mass is 16.6. The minimum atomic E-state index is -0.989. The van der Waals surface area contributed by atoms with Gasteiger partial charge in [-0.3, -0.25) is 0 Å². The maximum Gasteiger partial charge on any atom is 0.341 e. The molecule has 0 aromatic carbocycles. The lowest BCUT2D eigenvalue weighted by Crippen LogP contribution is -2.28. The van der Waals surface area contributed by atoms with Crippen molar-refractivity contribution in [1.82, 2.24) is 19.2 Å². The van der Waals surface area contributed by atoms with E-state index in [1.807, 2.05) is 0 Å². The number of pyridine rings is 2. The summed E-state index contributed by atoms with van der Waals surface area (Å²) in [6.45, 7) is 8.63. The monoisotopic (exact) mass is 594 g/mol. The molecule has 1 saturated heterocycles. The zero-order valence-electron chi connectivity index (χ0n) is 25.0. The molecule has 0 bridgehead atoms. The molecule has 3 fully saturated rings. The summed E-state index contributed by atoms with van der Waals surface area (Å²) in [6, 6.07) is 6.75. The molecule has 4 aromatic heterocycles. The Morgan fingerprint density at radius 2 is 1.49 bits per heavy atom. The van der Waals surface area contributed by atoms with Crippen molar-refractivity contribution < 1.29 is 39.1 Å². The Morgan fingerprint density at radius 1 is 0.977 bits per heavy atom. The first-order valence-corrected chi connectivity index (χ1v) is 14.3. The van der Waals surface area contributed by atoms with Crippen LogP contribution in [0, 0.1) is 0 Å². The van der Waals surface area contributed by atoms with Gasteiger partial charge in [0.25, 0.3) is 0 Å². The van der Waals surface area contributed by atoms with E-state index in [9.17, 15) is 24.9 Å². The summed E-state index contributed by atoms with van der Waals surface area (Å²) in [5.74, 6) is 0.187. The van der Waals surface area contributed by atoms with Gasteiger partial charge < -0.3 is 29.5 Å². The van der Waals surface area contributed by atoms with Crippen molar-refractivity contribution in [2.45, 2.75) is 76.4 Å². The average Bonchev–Trinajstić information content (AvgIpc) is 3.90. The first kappa shape index (κ1) is 30.3. The molecule has 0 radical (unpaired) electrons. The van der Waals surface area contributed by atoms with Crippen LogP contribution < -0.4 is 4.74 Å². The van der Waals surface area contributed by atoms with Gasteiger partial charge in [0.05, 0.1) is 59.7 Å². The van der Waals surface area contributed by atoms with E-state index in [2.05, 4.69) is 24.0 Å². The Kier molecular flexibility index (Phi) is 8.10. The molecule has 0 unspecified atom stereocenters. The van der Waals surface area contributed by atoms with Gasteiger partial charge in [0.15, 0.2) is 0 Å². The van der Waals surface area contributed by atoms with Gasteiger partial charge >= 0.3 is 11.9 Å². The lowest BCUT2D eigenvalue weighted by Gasteiger charge is -2.20. The smallest absolute Gasteiger partial charge is 0.341 e. The Balaban J connectivity index is 0.000000149.